The van der Waals surface area contributed by atoms with E-state index in [1.54, 1.807) is 6.07 Å². The Balaban J connectivity index is 1.85. The molecule has 0 aliphatic rings. The van der Waals surface area contributed by atoms with Crippen LogP contribution in [0.5, 0.6) is 0 Å². The molecule has 3 aromatic rings. The van der Waals surface area contributed by atoms with Crippen LogP contribution in [-0.2, 0) is 6.42 Å². The molecule has 1 unspecified atom stereocenters. The Hall–Kier alpha value is -1.90. The molecule has 3 aromatic carbocycles. The molecule has 106 valence electrons. The minimum atomic E-state index is -0.704. The van der Waals surface area contributed by atoms with Crippen molar-refractivity contribution in [3.05, 3.63) is 82.6 Å². The first-order valence-corrected chi connectivity index (χ1v) is 7.12. The molecule has 0 bridgehead atoms. The van der Waals surface area contributed by atoms with Crippen molar-refractivity contribution in [1.29, 1.82) is 0 Å². The number of halogens is 2. The van der Waals surface area contributed by atoms with Gasteiger partial charge in [-0.3, -0.25) is 0 Å². The molecule has 0 aliphatic heterocycles. The zero-order valence-electron chi connectivity index (χ0n) is 11.3. The summed E-state index contributed by atoms with van der Waals surface area (Å²) in [6.45, 7) is 0. The smallest absolute Gasteiger partial charge is 0.141 e. The standard InChI is InChI=1S/C18H14ClFO/c19-16-11-15(7-8-17(16)20)18(21)10-12-5-6-13-3-1-2-4-14(13)9-12/h1-9,11,18,21H,10H2. The lowest BCUT2D eigenvalue weighted by atomic mass is 9.99. The first kappa shape index (κ1) is 14.1. The number of fused-ring (bicyclic) bond motifs is 1. The van der Waals surface area contributed by atoms with Crippen LogP contribution < -0.4 is 0 Å². The molecule has 1 N–H and O–H groups in total. The van der Waals surface area contributed by atoms with Gasteiger partial charge in [0.25, 0.3) is 0 Å². The average molecular weight is 301 g/mol. The number of hydrogen-bond donors (Lipinski definition) is 1. The fourth-order valence-electron chi connectivity index (χ4n) is 2.43. The van der Waals surface area contributed by atoms with Crippen molar-refractivity contribution >= 4 is 22.4 Å². The van der Waals surface area contributed by atoms with Crippen molar-refractivity contribution in [1.82, 2.24) is 0 Å². The lowest BCUT2D eigenvalue weighted by molar-refractivity contribution is 0.178. The summed E-state index contributed by atoms with van der Waals surface area (Å²) in [4.78, 5) is 0. The number of aliphatic hydroxyl groups is 1. The number of benzene rings is 3. The molecule has 0 amide bonds. The lowest BCUT2D eigenvalue weighted by Gasteiger charge is -2.12. The Kier molecular flexibility index (Phi) is 3.91. The van der Waals surface area contributed by atoms with Gasteiger partial charge in [-0.25, -0.2) is 4.39 Å². The molecule has 0 saturated heterocycles. The predicted molar refractivity (Wildman–Crippen MR) is 84.0 cm³/mol. The average Bonchev–Trinajstić information content (AvgIpc) is 2.50. The molecule has 21 heavy (non-hydrogen) atoms. The second-order valence-corrected chi connectivity index (χ2v) is 5.48. The SMILES string of the molecule is OC(Cc1ccc2ccccc2c1)c1ccc(F)c(Cl)c1. The van der Waals surface area contributed by atoms with Crippen LogP contribution in [0.25, 0.3) is 10.8 Å². The van der Waals surface area contributed by atoms with Gasteiger partial charge in [0.15, 0.2) is 0 Å². The van der Waals surface area contributed by atoms with Crippen LogP contribution >= 0.6 is 11.6 Å². The minimum absolute atomic E-state index is 0.0325. The van der Waals surface area contributed by atoms with E-state index < -0.39 is 11.9 Å². The van der Waals surface area contributed by atoms with Gasteiger partial charge in [-0.1, -0.05) is 60.1 Å². The number of aliphatic hydroxyl groups excluding tert-OH is 1. The second-order valence-electron chi connectivity index (χ2n) is 5.07. The molecule has 0 aromatic heterocycles. The van der Waals surface area contributed by atoms with Crippen LogP contribution in [-0.4, -0.2) is 5.11 Å². The van der Waals surface area contributed by atoms with Crippen LogP contribution in [0.3, 0.4) is 0 Å². The summed E-state index contributed by atoms with van der Waals surface area (Å²) in [5.74, 6) is -0.474. The zero-order chi connectivity index (χ0) is 14.8. The lowest BCUT2D eigenvalue weighted by Crippen LogP contribution is -2.02. The van der Waals surface area contributed by atoms with E-state index in [1.807, 2.05) is 30.3 Å². The first-order chi connectivity index (χ1) is 10.1. The Morgan fingerprint density at radius 3 is 2.48 bits per heavy atom. The maximum atomic E-state index is 13.1. The second kappa shape index (κ2) is 5.84. The quantitative estimate of drug-likeness (QED) is 0.729. The molecule has 0 heterocycles. The van der Waals surface area contributed by atoms with Gasteiger partial charge in [0, 0.05) is 6.42 Å². The molecule has 3 heteroatoms. The molecule has 0 aliphatic carbocycles. The Labute approximate surface area is 127 Å². The highest BCUT2D eigenvalue weighted by atomic mass is 35.5. The van der Waals surface area contributed by atoms with Crippen LogP contribution in [0, 0.1) is 5.82 Å². The van der Waals surface area contributed by atoms with E-state index >= 15 is 0 Å². The maximum Gasteiger partial charge on any atom is 0.141 e. The number of rotatable bonds is 3. The monoisotopic (exact) mass is 300 g/mol. The first-order valence-electron chi connectivity index (χ1n) is 6.74. The molecule has 0 spiro atoms. The summed E-state index contributed by atoms with van der Waals surface area (Å²) in [5.41, 5.74) is 1.65. The van der Waals surface area contributed by atoms with E-state index in [4.69, 9.17) is 11.6 Å². The highest BCUT2D eigenvalue weighted by Gasteiger charge is 2.11. The van der Waals surface area contributed by atoms with Crippen LogP contribution in [0.1, 0.15) is 17.2 Å². The van der Waals surface area contributed by atoms with E-state index in [1.165, 1.54) is 17.5 Å². The van der Waals surface area contributed by atoms with E-state index in [0.717, 1.165) is 10.9 Å². The molecule has 1 nitrogen and oxygen atoms in total. The third-order valence-corrected chi connectivity index (χ3v) is 3.86. The van der Waals surface area contributed by atoms with Gasteiger partial charge in [-0.2, -0.15) is 0 Å². The largest absolute Gasteiger partial charge is 0.388 e. The van der Waals surface area contributed by atoms with Gasteiger partial charge in [-0.15, -0.1) is 0 Å². The third kappa shape index (κ3) is 3.07. The Morgan fingerprint density at radius 2 is 1.71 bits per heavy atom. The van der Waals surface area contributed by atoms with Gasteiger partial charge in [0.05, 0.1) is 11.1 Å². The maximum absolute atomic E-state index is 13.1. The van der Waals surface area contributed by atoms with E-state index in [-0.39, 0.29) is 5.02 Å². The molecule has 0 radical (unpaired) electrons. The fourth-order valence-corrected chi connectivity index (χ4v) is 2.62. The van der Waals surface area contributed by atoms with Gasteiger partial charge in [0.2, 0.25) is 0 Å². The Bertz CT molecular complexity index is 785. The minimum Gasteiger partial charge on any atom is -0.388 e. The van der Waals surface area contributed by atoms with Crippen LogP contribution in [0.4, 0.5) is 4.39 Å². The predicted octanol–water partition coefficient (Wildman–Crippen LogP) is 4.91. The van der Waals surface area contributed by atoms with Crippen molar-refractivity contribution in [2.45, 2.75) is 12.5 Å². The summed E-state index contributed by atoms with van der Waals surface area (Å²) >= 11 is 5.75. The summed E-state index contributed by atoms with van der Waals surface area (Å²) in [7, 11) is 0. The summed E-state index contributed by atoms with van der Waals surface area (Å²) in [6.07, 6.45) is -0.239. The molecular weight excluding hydrogens is 287 g/mol. The van der Waals surface area contributed by atoms with Crippen LogP contribution in [0.15, 0.2) is 60.7 Å². The highest BCUT2D eigenvalue weighted by Crippen LogP contribution is 2.25. The highest BCUT2D eigenvalue weighted by molar-refractivity contribution is 6.30. The van der Waals surface area contributed by atoms with Crippen molar-refractivity contribution < 1.29 is 9.50 Å². The zero-order valence-corrected chi connectivity index (χ0v) is 12.0. The topological polar surface area (TPSA) is 20.2 Å². The van der Waals surface area contributed by atoms with Crippen LogP contribution in [0.2, 0.25) is 5.02 Å². The molecule has 0 fully saturated rings. The van der Waals surface area contributed by atoms with E-state index in [0.29, 0.717) is 12.0 Å². The Morgan fingerprint density at radius 1 is 0.952 bits per heavy atom. The third-order valence-electron chi connectivity index (χ3n) is 3.57. The van der Waals surface area contributed by atoms with Gasteiger partial charge in [0.1, 0.15) is 5.82 Å². The molecule has 1 atom stereocenters. The van der Waals surface area contributed by atoms with Gasteiger partial charge in [-0.05, 0) is 34.0 Å². The molecule has 3 rings (SSSR count). The van der Waals surface area contributed by atoms with Gasteiger partial charge < -0.3 is 5.11 Å². The summed E-state index contributed by atoms with van der Waals surface area (Å²) in [6, 6.07) is 18.5. The normalized spacial score (nSPS) is 12.5. The molecule has 0 saturated carbocycles. The fraction of sp³-hybridized carbons (Fsp3) is 0.111. The number of hydrogen-bond acceptors (Lipinski definition) is 1. The summed E-state index contributed by atoms with van der Waals surface area (Å²) in [5, 5.41) is 12.6. The van der Waals surface area contributed by atoms with Crippen molar-refractivity contribution in [2.75, 3.05) is 0 Å². The van der Waals surface area contributed by atoms with Gasteiger partial charge >= 0.3 is 0 Å². The van der Waals surface area contributed by atoms with Crippen molar-refractivity contribution in [2.24, 2.45) is 0 Å². The summed E-state index contributed by atoms with van der Waals surface area (Å²) < 4.78 is 13.1. The van der Waals surface area contributed by atoms with E-state index in [2.05, 4.69) is 12.1 Å². The molecular formula is C18H14ClFO. The van der Waals surface area contributed by atoms with Crippen molar-refractivity contribution in [3.63, 3.8) is 0 Å². The van der Waals surface area contributed by atoms with E-state index in [9.17, 15) is 9.50 Å². The van der Waals surface area contributed by atoms with Crippen molar-refractivity contribution in [3.8, 4) is 0 Å².